The Kier molecular flexibility index (Phi) is 4.83. The molecule has 5 nitrogen and oxygen atoms in total. The fourth-order valence-corrected chi connectivity index (χ4v) is 2.45. The number of nitrogens with zero attached hydrogens (tertiary/aromatic N) is 2. The summed E-state index contributed by atoms with van der Waals surface area (Å²) in [6.45, 7) is 5.68. The molecule has 1 aliphatic heterocycles. The standard InChI is InChI=1S/C16H22N2O3/c1-4-16(20)17(3)10-13-5-6-15-14(9-13)11-18(12(2)19)7-8-21-15/h5-6,9H,4,7-8,10-11H2,1-3H3. The second-order valence-electron chi connectivity index (χ2n) is 5.33. The number of benzene rings is 1. The molecule has 1 aromatic rings. The number of hydrogen-bond donors (Lipinski definition) is 0. The SMILES string of the molecule is CCC(=O)N(C)Cc1ccc2c(c1)CN(C(C)=O)CCO2. The molecule has 1 aliphatic rings. The van der Waals surface area contributed by atoms with E-state index in [1.54, 1.807) is 23.8 Å². The molecule has 1 aromatic carbocycles. The van der Waals surface area contributed by atoms with Crippen LogP contribution >= 0.6 is 0 Å². The molecule has 0 bridgehead atoms. The van der Waals surface area contributed by atoms with Crippen molar-refractivity contribution in [3.8, 4) is 5.75 Å². The van der Waals surface area contributed by atoms with Gasteiger partial charge in [-0.15, -0.1) is 0 Å². The average Bonchev–Trinajstić information content (AvgIpc) is 2.68. The number of fused-ring (bicyclic) bond motifs is 1. The van der Waals surface area contributed by atoms with Gasteiger partial charge in [0.15, 0.2) is 0 Å². The smallest absolute Gasteiger partial charge is 0.222 e. The van der Waals surface area contributed by atoms with Gasteiger partial charge in [-0.2, -0.15) is 0 Å². The maximum atomic E-state index is 11.6. The normalized spacial score (nSPS) is 14.0. The summed E-state index contributed by atoms with van der Waals surface area (Å²) in [5, 5.41) is 0. The highest BCUT2D eigenvalue weighted by molar-refractivity contribution is 5.75. The van der Waals surface area contributed by atoms with E-state index in [1.807, 2.05) is 25.1 Å². The number of ether oxygens (including phenoxy) is 1. The Balaban J connectivity index is 2.17. The molecule has 0 aromatic heterocycles. The van der Waals surface area contributed by atoms with Crippen molar-refractivity contribution in [2.24, 2.45) is 0 Å². The molecule has 21 heavy (non-hydrogen) atoms. The summed E-state index contributed by atoms with van der Waals surface area (Å²) < 4.78 is 5.68. The highest BCUT2D eigenvalue weighted by Crippen LogP contribution is 2.25. The minimum atomic E-state index is 0.0510. The van der Waals surface area contributed by atoms with Gasteiger partial charge < -0.3 is 14.5 Å². The fraction of sp³-hybridized carbons (Fsp3) is 0.500. The van der Waals surface area contributed by atoms with Crippen LogP contribution in [0.1, 0.15) is 31.4 Å². The number of carbonyl (C=O) groups is 2. The zero-order valence-electron chi connectivity index (χ0n) is 12.9. The first kappa shape index (κ1) is 15.4. The van der Waals surface area contributed by atoms with Gasteiger partial charge in [-0.05, 0) is 17.7 Å². The summed E-state index contributed by atoms with van der Waals surface area (Å²) in [6.07, 6.45) is 0.503. The molecule has 2 rings (SSSR count). The largest absolute Gasteiger partial charge is 0.491 e. The minimum absolute atomic E-state index is 0.0510. The molecule has 0 radical (unpaired) electrons. The van der Waals surface area contributed by atoms with E-state index in [9.17, 15) is 9.59 Å². The summed E-state index contributed by atoms with van der Waals surface area (Å²) in [5.41, 5.74) is 2.05. The van der Waals surface area contributed by atoms with Gasteiger partial charge in [0.05, 0.1) is 6.54 Å². The lowest BCUT2D eigenvalue weighted by Crippen LogP contribution is -2.30. The molecule has 0 saturated carbocycles. The van der Waals surface area contributed by atoms with Crippen molar-refractivity contribution in [1.29, 1.82) is 0 Å². The van der Waals surface area contributed by atoms with Crippen molar-refractivity contribution < 1.29 is 14.3 Å². The summed E-state index contributed by atoms with van der Waals surface area (Å²) in [7, 11) is 1.80. The first-order valence-corrected chi connectivity index (χ1v) is 7.25. The monoisotopic (exact) mass is 290 g/mol. The van der Waals surface area contributed by atoms with E-state index in [0.717, 1.165) is 16.9 Å². The van der Waals surface area contributed by atoms with Crippen molar-refractivity contribution in [3.05, 3.63) is 29.3 Å². The second-order valence-corrected chi connectivity index (χ2v) is 5.33. The van der Waals surface area contributed by atoms with E-state index in [-0.39, 0.29) is 11.8 Å². The quantitative estimate of drug-likeness (QED) is 0.853. The Morgan fingerprint density at radius 2 is 2.14 bits per heavy atom. The van der Waals surface area contributed by atoms with Gasteiger partial charge >= 0.3 is 0 Å². The maximum Gasteiger partial charge on any atom is 0.222 e. The van der Waals surface area contributed by atoms with Gasteiger partial charge in [-0.1, -0.05) is 13.0 Å². The van der Waals surface area contributed by atoms with Crippen LogP contribution in [0.5, 0.6) is 5.75 Å². The molecule has 0 fully saturated rings. The molecule has 0 saturated heterocycles. The Morgan fingerprint density at radius 1 is 1.38 bits per heavy atom. The maximum absolute atomic E-state index is 11.6. The van der Waals surface area contributed by atoms with E-state index < -0.39 is 0 Å². The molecule has 1 heterocycles. The van der Waals surface area contributed by atoms with Gasteiger partial charge in [-0.25, -0.2) is 0 Å². The third-order valence-corrected chi connectivity index (χ3v) is 3.70. The van der Waals surface area contributed by atoms with Gasteiger partial charge in [0.1, 0.15) is 12.4 Å². The van der Waals surface area contributed by atoms with E-state index in [0.29, 0.717) is 32.7 Å². The predicted octanol–water partition coefficient (Wildman–Crippen LogP) is 1.80. The first-order valence-electron chi connectivity index (χ1n) is 7.25. The summed E-state index contributed by atoms with van der Waals surface area (Å²) in [5.74, 6) is 0.994. The minimum Gasteiger partial charge on any atom is -0.491 e. The Labute approximate surface area is 125 Å². The van der Waals surface area contributed by atoms with Crippen molar-refractivity contribution >= 4 is 11.8 Å². The van der Waals surface area contributed by atoms with Crippen molar-refractivity contribution in [2.75, 3.05) is 20.2 Å². The van der Waals surface area contributed by atoms with E-state index in [4.69, 9.17) is 4.74 Å². The predicted molar refractivity (Wildman–Crippen MR) is 79.8 cm³/mol. The molecule has 5 heteroatoms. The number of carbonyl (C=O) groups excluding carboxylic acids is 2. The van der Waals surface area contributed by atoms with Crippen LogP contribution in [0.15, 0.2) is 18.2 Å². The highest BCUT2D eigenvalue weighted by Gasteiger charge is 2.18. The Morgan fingerprint density at radius 3 is 2.81 bits per heavy atom. The summed E-state index contributed by atoms with van der Waals surface area (Å²) >= 11 is 0. The van der Waals surface area contributed by atoms with Crippen LogP contribution in [0.25, 0.3) is 0 Å². The lowest BCUT2D eigenvalue weighted by Gasteiger charge is -2.19. The number of amides is 2. The number of rotatable bonds is 3. The van der Waals surface area contributed by atoms with Gasteiger partial charge in [0.2, 0.25) is 11.8 Å². The average molecular weight is 290 g/mol. The number of hydrogen-bond acceptors (Lipinski definition) is 3. The van der Waals surface area contributed by atoms with Crippen LogP contribution in [0, 0.1) is 0 Å². The topological polar surface area (TPSA) is 49.9 Å². The summed E-state index contributed by atoms with van der Waals surface area (Å²) in [4.78, 5) is 26.7. The molecule has 0 atom stereocenters. The van der Waals surface area contributed by atoms with Crippen LogP contribution in [0.3, 0.4) is 0 Å². The lowest BCUT2D eigenvalue weighted by molar-refractivity contribution is -0.130. The molecule has 114 valence electrons. The van der Waals surface area contributed by atoms with Crippen molar-refractivity contribution in [1.82, 2.24) is 9.80 Å². The molecular formula is C16H22N2O3. The van der Waals surface area contributed by atoms with Crippen LogP contribution in [-0.2, 0) is 22.7 Å². The fourth-order valence-electron chi connectivity index (χ4n) is 2.45. The summed E-state index contributed by atoms with van der Waals surface area (Å²) in [6, 6.07) is 5.93. The third-order valence-electron chi connectivity index (χ3n) is 3.70. The van der Waals surface area contributed by atoms with Crippen molar-refractivity contribution in [3.63, 3.8) is 0 Å². The molecule has 0 unspecified atom stereocenters. The lowest BCUT2D eigenvalue weighted by atomic mass is 10.1. The Bertz CT molecular complexity index is 542. The van der Waals surface area contributed by atoms with Gasteiger partial charge in [0.25, 0.3) is 0 Å². The molecule has 2 amide bonds. The van der Waals surface area contributed by atoms with Crippen molar-refractivity contribution in [2.45, 2.75) is 33.4 Å². The second kappa shape index (κ2) is 6.61. The highest BCUT2D eigenvalue weighted by atomic mass is 16.5. The Hall–Kier alpha value is -2.04. The van der Waals surface area contributed by atoms with Crippen LogP contribution in [0.4, 0.5) is 0 Å². The third kappa shape index (κ3) is 3.74. The first-order chi connectivity index (χ1) is 10.0. The molecule has 0 spiro atoms. The molecular weight excluding hydrogens is 268 g/mol. The zero-order chi connectivity index (χ0) is 15.4. The zero-order valence-corrected chi connectivity index (χ0v) is 12.9. The van der Waals surface area contributed by atoms with Crippen LogP contribution in [0.2, 0.25) is 0 Å². The van der Waals surface area contributed by atoms with Crippen LogP contribution in [-0.4, -0.2) is 41.8 Å². The van der Waals surface area contributed by atoms with E-state index >= 15 is 0 Å². The van der Waals surface area contributed by atoms with Crippen LogP contribution < -0.4 is 4.74 Å². The van der Waals surface area contributed by atoms with Gasteiger partial charge in [0, 0.05) is 39.0 Å². The van der Waals surface area contributed by atoms with E-state index in [1.165, 1.54) is 0 Å². The van der Waals surface area contributed by atoms with E-state index in [2.05, 4.69) is 0 Å². The van der Waals surface area contributed by atoms with Gasteiger partial charge in [-0.3, -0.25) is 9.59 Å². The molecule has 0 aliphatic carbocycles. The molecule has 0 N–H and O–H groups in total.